The van der Waals surface area contributed by atoms with Gasteiger partial charge in [0.1, 0.15) is 22.4 Å². The molecular formula is C26H29N7O3S3. The van der Waals surface area contributed by atoms with Gasteiger partial charge in [0, 0.05) is 19.4 Å². The maximum atomic E-state index is 12.4. The molecular weight excluding hydrogens is 555 g/mol. The molecule has 0 aliphatic rings. The molecule has 4 aromatic rings. The lowest BCUT2D eigenvalue weighted by Gasteiger charge is -2.06. The Hall–Kier alpha value is -3.39. The lowest BCUT2D eigenvalue weighted by atomic mass is 10.1. The van der Waals surface area contributed by atoms with Crippen LogP contribution in [-0.2, 0) is 35.3 Å². The summed E-state index contributed by atoms with van der Waals surface area (Å²) in [5.74, 6) is 2.24. The highest BCUT2D eigenvalue weighted by Crippen LogP contribution is 2.20. The minimum Gasteiger partial charge on any atom is -0.492 e. The van der Waals surface area contributed by atoms with E-state index in [1.54, 1.807) is 11.8 Å². The van der Waals surface area contributed by atoms with Crippen molar-refractivity contribution >= 4 is 56.5 Å². The SMILES string of the molecule is NCCOc1ccc(CC(=O)Nc2nnc(CCSCCc3nnc(NC(=O)Cc4ccccc4)s3)s2)cc1. The molecule has 2 aromatic heterocycles. The smallest absolute Gasteiger partial charge is 0.230 e. The van der Waals surface area contributed by atoms with E-state index in [-0.39, 0.29) is 18.2 Å². The van der Waals surface area contributed by atoms with Crippen LogP contribution in [0.15, 0.2) is 54.6 Å². The van der Waals surface area contributed by atoms with Gasteiger partial charge in [0.25, 0.3) is 0 Å². The Morgan fingerprint density at radius 1 is 0.769 bits per heavy atom. The zero-order valence-corrected chi connectivity index (χ0v) is 23.6. The molecule has 0 atom stereocenters. The number of carbonyl (C=O) groups is 2. The average molecular weight is 584 g/mol. The van der Waals surface area contributed by atoms with Gasteiger partial charge in [0.05, 0.1) is 12.8 Å². The molecule has 4 rings (SSSR count). The van der Waals surface area contributed by atoms with Crippen molar-refractivity contribution in [1.82, 2.24) is 20.4 Å². The van der Waals surface area contributed by atoms with E-state index in [2.05, 4.69) is 31.0 Å². The maximum absolute atomic E-state index is 12.4. The highest BCUT2D eigenvalue weighted by Gasteiger charge is 2.11. The lowest BCUT2D eigenvalue weighted by molar-refractivity contribution is -0.116. The molecule has 0 fully saturated rings. The van der Waals surface area contributed by atoms with Crippen molar-refractivity contribution in [1.29, 1.82) is 0 Å². The first-order valence-corrected chi connectivity index (χ1v) is 15.1. The molecule has 2 amide bonds. The van der Waals surface area contributed by atoms with Crippen LogP contribution in [0.4, 0.5) is 10.3 Å². The number of hydrogen-bond acceptors (Lipinski definition) is 11. The third-order valence-electron chi connectivity index (χ3n) is 5.23. The van der Waals surface area contributed by atoms with E-state index in [4.69, 9.17) is 10.5 Å². The van der Waals surface area contributed by atoms with E-state index >= 15 is 0 Å². The number of ether oxygens (including phenoxy) is 1. The Kier molecular flexibility index (Phi) is 11.2. The first-order valence-electron chi connectivity index (χ1n) is 12.4. The fourth-order valence-electron chi connectivity index (χ4n) is 3.41. The van der Waals surface area contributed by atoms with Gasteiger partial charge < -0.3 is 21.1 Å². The minimum absolute atomic E-state index is 0.103. The van der Waals surface area contributed by atoms with E-state index in [1.165, 1.54) is 22.7 Å². The summed E-state index contributed by atoms with van der Waals surface area (Å²) >= 11 is 4.57. The molecule has 0 aliphatic carbocycles. The van der Waals surface area contributed by atoms with Gasteiger partial charge in [-0.25, -0.2) is 0 Å². The number of nitrogens with two attached hydrogens (primary N) is 1. The summed E-state index contributed by atoms with van der Waals surface area (Å²) in [6.07, 6.45) is 2.09. The third kappa shape index (κ3) is 10.0. The average Bonchev–Trinajstić information content (AvgIpc) is 3.57. The topological polar surface area (TPSA) is 145 Å². The van der Waals surface area contributed by atoms with Gasteiger partial charge in [0.15, 0.2) is 0 Å². The Balaban J connectivity index is 1.10. The summed E-state index contributed by atoms with van der Waals surface area (Å²) in [6.45, 7) is 0.911. The molecule has 10 nitrogen and oxygen atoms in total. The van der Waals surface area contributed by atoms with Crippen molar-refractivity contribution < 1.29 is 14.3 Å². The first-order chi connectivity index (χ1) is 19.1. The van der Waals surface area contributed by atoms with E-state index in [0.29, 0.717) is 29.8 Å². The first kappa shape index (κ1) is 28.6. The number of anilines is 2. The second-order valence-electron chi connectivity index (χ2n) is 8.33. The molecule has 13 heteroatoms. The molecule has 0 spiro atoms. The van der Waals surface area contributed by atoms with E-state index in [0.717, 1.165) is 51.2 Å². The molecule has 4 N–H and O–H groups in total. The van der Waals surface area contributed by atoms with Crippen molar-refractivity contribution in [2.24, 2.45) is 5.73 Å². The Morgan fingerprint density at radius 3 is 1.85 bits per heavy atom. The second-order valence-corrected chi connectivity index (χ2v) is 11.7. The van der Waals surface area contributed by atoms with Crippen LogP contribution in [0.1, 0.15) is 21.1 Å². The number of thioether (sulfide) groups is 1. The van der Waals surface area contributed by atoms with E-state index in [1.807, 2.05) is 54.6 Å². The van der Waals surface area contributed by atoms with Gasteiger partial charge in [0.2, 0.25) is 22.1 Å². The summed E-state index contributed by atoms with van der Waals surface area (Å²) in [6, 6.07) is 17.0. The maximum Gasteiger partial charge on any atom is 0.230 e. The van der Waals surface area contributed by atoms with Gasteiger partial charge in [-0.2, -0.15) is 11.8 Å². The molecule has 2 aromatic carbocycles. The predicted octanol–water partition coefficient (Wildman–Crippen LogP) is 3.61. The van der Waals surface area contributed by atoms with E-state index < -0.39 is 0 Å². The number of nitrogens with one attached hydrogen (secondary N) is 2. The summed E-state index contributed by atoms with van der Waals surface area (Å²) in [5.41, 5.74) is 7.27. The molecule has 39 heavy (non-hydrogen) atoms. The molecule has 0 saturated carbocycles. The Bertz CT molecular complexity index is 1330. The normalized spacial score (nSPS) is 10.8. The van der Waals surface area contributed by atoms with Crippen LogP contribution in [0.2, 0.25) is 0 Å². The highest BCUT2D eigenvalue weighted by molar-refractivity contribution is 7.99. The van der Waals surface area contributed by atoms with Crippen molar-refractivity contribution in [2.45, 2.75) is 25.7 Å². The molecule has 0 bridgehead atoms. The number of aryl methyl sites for hydroxylation is 2. The van der Waals surface area contributed by atoms with Crippen molar-refractivity contribution in [3.63, 3.8) is 0 Å². The summed E-state index contributed by atoms with van der Waals surface area (Å²) in [5, 5.41) is 24.9. The van der Waals surface area contributed by atoms with Gasteiger partial charge in [-0.3, -0.25) is 9.59 Å². The second kappa shape index (κ2) is 15.3. The lowest BCUT2D eigenvalue weighted by Crippen LogP contribution is -2.14. The number of benzene rings is 2. The number of carbonyl (C=O) groups excluding carboxylic acids is 2. The van der Waals surface area contributed by atoms with Crippen LogP contribution in [0.5, 0.6) is 5.75 Å². The van der Waals surface area contributed by atoms with Crippen molar-refractivity contribution in [3.8, 4) is 5.75 Å². The standard InChI is InChI=1S/C26H29N7O3S3/c27-12-13-36-20-8-6-19(7-9-20)17-22(35)29-26-33-31-24(39-26)11-15-37-14-10-23-30-32-25(38-23)28-21(34)16-18-4-2-1-3-5-18/h1-9H,10-17,27H2,(H,28,32,34)(H,29,33,35). The number of rotatable bonds is 15. The van der Waals surface area contributed by atoms with Gasteiger partial charge in [-0.15, -0.1) is 20.4 Å². The van der Waals surface area contributed by atoms with Crippen LogP contribution in [0.25, 0.3) is 0 Å². The zero-order chi connectivity index (χ0) is 27.3. The molecule has 2 heterocycles. The van der Waals surface area contributed by atoms with Crippen molar-refractivity contribution in [2.75, 3.05) is 35.3 Å². The summed E-state index contributed by atoms with van der Waals surface area (Å²) in [4.78, 5) is 24.6. The van der Waals surface area contributed by atoms with Crippen LogP contribution < -0.4 is 21.1 Å². The number of amides is 2. The molecule has 204 valence electrons. The fourth-order valence-corrected chi connectivity index (χ4v) is 6.05. The van der Waals surface area contributed by atoms with Crippen LogP contribution in [-0.4, -0.2) is 56.9 Å². The Morgan fingerprint density at radius 2 is 1.31 bits per heavy atom. The molecule has 0 saturated heterocycles. The number of aromatic nitrogens is 4. The van der Waals surface area contributed by atoms with Gasteiger partial charge >= 0.3 is 0 Å². The molecule has 0 radical (unpaired) electrons. The fraction of sp³-hybridized carbons (Fsp3) is 0.308. The van der Waals surface area contributed by atoms with Gasteiger partial charge in [-0.1, -0.05) is 65.1 Å². The monoisotopic (exact) mass is 583 g/mol. The van der Waals surface area contributed by atoms with E-state index in [9.17, 15) is 9.59 Å². The van der Waals surface area contributed by atoms with Crippen LogP contribution in [0, 0.1) is 0 Å². The van der Waals surface area contributed by atoms with Crippen LogP contribution in [0.3, 0.4) is 0 Å². The quantitative estimate of drug-likeness (QED) is 0.179. The zero-order valence-electron chi connectivity index (χ0n) is 21.2. The minimum atomic E-state index is -0.143. The number of hydrogen-bond donors (Lipinski definition) is 3. The molecule has 0 aliphatic heterocycles. The summed E-state index contributed by atoms with van der Waals surface area (Å²) in [7, 11) is 0. The Labute approximate surface area is 238 Å². The predicted molar refractivity (Wildman–Crippen MR) is 157 cm³/mol. The van der Waals surface area contributed by atoms with Gasteiger partial charge in [-0.05, 0) is 34.8 Å². The van der Waals surface area contributed by atoms with Crippen LogP contribution >= 0.6 is 34.4 Å². The molecule has 0 unspecified atom stereocenters. The highest BCUT2D eigenvalue weighted by atomic mass is 32.2. The summed E-state index contributed by atoms with van der Waals surface area (Å²) < 4.78 is 5.45. The number of nitrogens with zero attached hydrogens (tertiary/aromatic N) is 4. The third-order valence-corrected chi connectivity index (χ3v) is 8.01. The largest absolute Gasteiger partial charge is 0.492 e. The van der Waals surface area contributed by atoms with Crippen molar-refractivity contribution in [3.05, 3.63) is 75.7 Å².